The number of ether oxygens (including phenoxy) is 1. The number of benzene rings is 2. The number of nitrogens with one attached hydrogen (secondary N) is 1. The van der Waals surface area contributed by atoms with Crippen molar-refractivity contribution in [1.82, 2.24) is 15.3 Å². The Labute approximate surface area is 228 Å². The van der Waals surface area contributed by atoms with Crippen LogP contribution in [0.1, 0.15) is 56.4 Å². The molecule has 3 aromatic rings. The van der Waals surface area contributed by atoms with Crippen molar-refractivity contribution in [2.24, 2.45) is 0 Å². The summed E-state index contributed by atoms with van der Waals surface area (Å²) < 4.78 is 5.70. The standard InChI is InChI=1S/C29H34Cl2N4O2/c1-29(2,28(36)37-21-9-3-4-10-21)34-16-15-19-7-5-8-20(17-19)26-18-33-27(32)25(35-26)14-13-22-23(30)11-6-12-24(22)31/h5-8,11-12,17-18,21,34H,3-4,9-10,13-16H2,1-2H3,(H2,32,33). The maximum atomic E-state index is 12.6. The van der Waals surface area contributed by atoms with Crippen molar-refractivity contribution in [3.05, 3.63) is 75.5 Å². The molecule has 4 rings (SSSR count). The molecule has 0 radical (unpaired) electrons. The zero-order valence-electron chi connectivity index (χ0n) is 21.4. The Hall–Kier alpha value is -2.67. The Morgan fingerprint density at radius 1 is 1.08 bits per heavy atom. The molecule has 1 aromatic heterocycles. The average molecular weight is 542 g/mol. The second-order valence-corrected chi connectivity index (χ2v) is 10.9. The summed E-state index contributed by atoms with van der Waals surface area (Å²) in [5, 5.41) is 4.62. The first-order valence-electron chi connectivity index (χ1n) is 12.8. The molecule has 1 aliphatic carbocycles. The number of anilines is 1. The fourth-order valence-corrected chi connectivity index (χ4v) is 5.14. The van der Waals surface area contributed by atoms with Gasteiger partial charge in [0.1, 0.15) is 17.5 Å². The normalized spacial score (nSPS) is 14.2. The number of nitrogens with two attached hydrogens (primary N) is 1. The van der Waals surface area contributed by atoms with Crippen LogP contribution in [0.25, 0.3) is 11.3 Å². The number of nitrogens with zero attached hydrogens (tertiary/aromatic N) is 2. The molecule has 37 heavy (non-hydrogen) atoms. The van der Waals surface area contributed by atoms with Crippen LogP contribution in [0.15, 0.2) is 48.7 Å². The van der Waals surface area contributed by atoms with Gasteiger partial charge in [0, 0.05) is 22.2 Å². The molecular weight excluding hydrogens is 507 g/mol. The van der Waals surface area contributed by atoms with Gasteiger partial charge < -0.3 is 15.8 Å². The van der Waals surface area contributed by atoms with Crippen molar-refractivity contribution in [3.8, 4) is 11.3 Å². The minimum atomic E-state index is -0.734. The number of aromatic nitrogens is 2. The molecule has 0 amide bonds. The molecule has 0 bridgehead atoms. The van der Waals surface area contributed by atoms with Gasteiger partial charge in [-0.1, -0.05) is 47.5 Å². The van der Waals surface area contributed by atoms with Crippen molar-refractivity contribution in [2.45, 2.75) is 70.4 Å². The van der Waals surface area contributed by atoms with Gasteiger partial charge in [-0.05, 0) is 88.1 Å². The SMILES string of the molecule is CC(C)(NCCc1cccc(-c2cnc(N)c(CCc3c(Cl)cccc3Cl)n2)c1)C(=O)OC1CCCC1. The number of nitrogen functional groups attached to an aromatic ring is 1. The van der Waals surface area contributed by atoms with E-state index < -0.39 is 5.54 Å². The van der Waals surface area contributed by atoms with E-state index in [1.54, 1.807) is 6.20 Å². The van der Waals surface area contributed by atoms with Crippen molar-refractivity contribution in [3.63, 3.8) is 0 Å². The van der Waals surface area contributed by atoms with Gasteiger partial charge in [-0.15, -0.1) is 0 Å². The third-order valence-electron chi connectivity index (χ3n) is 6.84. The molecular formula is C29H34Cl2N4O2. The largest absolute Gasteiger partial charge is 0.461 e. The Bertz CT molecular complexity index is 1220. The number of carbonyl (C=O) groups is 1. The lowest BCUT2D eigenvalue weighted by Gasteiger charge is -2.26. The average Bonchev–Trinajstić information content (AvgIpc) is 3.38. The summed E-state index contributed by atoms with van der Waals surface area (Å²) >= 11 is 12.6. The highest BCUT2D eigenvalue weighted by Crippen LogP contribution is 2.27. The van der Waals surface area contributed by atoms with Gasteiger partial charge in [0.2, 0.25) is 0 Å². The summed E-state index contributed by atoms with van der Waals surface area (Å²) in [5.74, 6) is 0.218. The van der Waals surface area contributed by atoms with Crippen LogP contribution in [-0.4, -0.2) is 34.1 Å². The lowest BCUT2D eigenvalue weighted by molar-refractivity contribution is -0.155. The summed E-state index contributed by atoms with van der Waals surface area (Å²) in [6.07, 6.45) is 7.93. The van der Waals surface area contributed by atoms with Gasteiger partial charge in [-0.25, -0.2) is 9.97 Å². The van der Waals surface area contributed by atoms with E-state index in [4.69, 9.17) is 38.7 Å². The van der Waals surface area contributed by atoms with Gasteiger partial charge in [0.15, 0.2) is 0 Å². The number of carbonyl (C=O) groups excluding carboxylic acids is 1. The molecule has 1 saturated carbocycles. The van der Waals surface area contributed by atoms with Crippen LogP contribution < -0.4 is 11.1 Å². The van der Waals surface area contributed by atoms with E-state index in [0.29, 0.717) is 40.9 Å². The highest BCUT2D eigenvalue weighted by molar-refractivity contribution is 6.36. The molecule has 196 valence electrons. The van der Waals surface area contributed by atoms with E-state index in [1.807, 2.05) is 44.2 Å². The number of esters is 1. The van der Waals surface area contributed by atoms with Crippen LogP contribution in [0, 0.1) is 0 Å². The summed E-state index contributed by atoms with van der Waals surface area (Å²) in [4.78, 5) is 21.8. The quantitative estimate of drug-likeness (QED) is 0.297. The summed E-state index contributed by atoms with van der Waals surface area (Å²) in [5.41, 5.74) is 9.84. The molecule has 1 heterocycles. The molecule has 0 atom stereocenters. The van der Waals surface area contributed by atoms with E-state index in [-0.39, 0.29) is 12.1 Å². The van der Waals surface area contributed by atoms with Crippen molar-refractivity contribution >= 4 is 35.0 Å². The van der Waals surface area contributed by atoms with Crippen LogP contribution in [0.4, 0.5) is 5.82 Å². The fourth-order valence-electron chi connectivity index (χ4n) is 4.56. The van der Waals surface area contributed by atoms with Crippen LogP contribution in [-0.2, 0) is 28.8 Å². The first-order chi connectivity index (χ1) is 17.7. The highest BCUT2D eigenvalue weighted by atomic mass is 35.5. The molecule has 8 heteroatoms. The lowest BCUT2D eigenvalue weighted by atomic mass is 10.0. The Morgan fingerprint density at radius 2 is 1.78 bits per heavy atom. The molecule has 1 aliphatic rings. The van der Waals surface area contributed by atoms with Crippen molar-refractivity contribution in [2.75, 3.05) is 12.3 Å². The third kappa shape index (κ3) is 7.22. The van der Waals surface area contributed by atoms with E-state index in [1.165, 1.54) is 0 Å². The highest BCUT2D eigenvalue weighted by Gasteiger charge is 2.31. The molecule has 1 fully saturated rings. The second-order valence-electron chi connectivity index (χ2n) is 10.1. The first-order valence-corrected chi connectivity index (χ1v) is 13.6. The van der Waals surface area contributed by atoms with Gasteiger partial charge >= 0.3 is 5.97 Å². The van der Waals surface area contributed by atoms with E-state index in [2.05, 4.69) is 22.4 Å². The van der Waals surface area contributed by atoms with Gasteiger partial charge in [-0.3, -0.25) is 4.79 Å². The molecule has 3 N–H and O–H groups in total. The third-order valence-corrected chi connectivity index (χ3v) is 7.55. The molecule has 2 aromatic carbocycles. The molecule has 6 nitrogen and oxygen atoms in total. The minimum Gasteiger partial charge on any atom is -0.461 e. The number of rotatable bonds is 10. The number of aryl methyl sites for hydroxylation is 1. The van der Waals surface area contributed by atoms with E-state index >= 15 is 0 Å². The predicted molar refractivity (Wildman–Crippen MR) is 150 cm³/mol. The topological polar surface area (TPSA) is 90.1 Å². The Kier molecular flexibility index (Phi) is 9.06. The maximum Gasteiger partial charge on any atom is 0.326 e. The molecule has 0 aliphatic heterocycles. The van der Waals surface area contributed by atoms with E-state index in [0.717, 1.165) is 54.5 Å². The molecule has 0 unspecified atom stereocenters. The summed E-state index contributed by atoms with van der Waals surface area (Å²) in [7, 11) is 0. The van der Waals surface area contributed by atoms with Gasteiger partial charge in [0.05, 0.1) is 17.6 Å². The van der Waals surface area contributed by atoms with Gasteiger partial charge in [0.25, 0.3) is 0 Å². The van der Waals surface area contributed by atoms with Crippen LogP contribution in [0.3, 0.4) is 0 Å². The molecule has 0 saturated heterocycles. The number of hydrogen-bond acceptors (Lipinski definition) is 6. The monoisotopic (exact) mass is 540 g/mol. The minimum absolute atomic E-state index is 0.0674. The summed E-state index contributed by atoms with van der Waals surface area (Å²) in [6, 6.07) is 13.7. The maximum absolute atomic E-state index is 12.6. The smallest absolute Gasteiger partial charge is 0.326 e. The van der Waals surface area contributed by atoms with Crippen molar-refractivity contribution in [1.29, 1.82) is 0 Å². The Morgan fingerprint density at radius 3 is 2.51 bits per heavy atom. The summed E-state index contributed by atoms with van der Waals surface area (Å²) in [6.45, 7) is 4.40. The number of hydrogen-bond donors (Lipinski definition) is 2. The fraction of sp³-hybridized carbons (Fsp3) is 0.414. The predicted octanol–water partition coefficient (Wildman–Crippen LogP) is 6.21. The second kappa shape index (κ2) is 12.2. The zero-order chi connectivity index (χ0) is 26.4. The van der Waals surface area contributed by atoms with Crippen molar-refractivity contribution < 1.29 is 9.53 Å². The van der Waals surface area contributed by atoms with E-state index in [9.17, 15) is 4.79 Å². The first kappa shape index (κ1) is 27.4. The van der Waals surface area contributed by atoms with Gasteiger partial charge in [-0.2, -0.15) is 0 Å². The lowest BCUT2D eigenvalue weighted by Crippen LogP contribution is -2.49. The van der Waals surface area contributed by atoms with Crippen LogP contribution in [0.2, 0.25) is 10.0 Å². The molecule has 0 spiro atoms. The Balaban J connectivity index is 1.38. The zero-order valence-corrected chi connectivity index (χ0v) is 22.9. The van der Waals surface area contributed by atoms with Crippen LogP contribution in [0.5, 0.6) is 0 Å². The number of halogens is 2. The van der Waals surface area contributed by atoms with Crippen LogP contribution >= 0.6 is 23.2 Å².